The Kier molecular flexibility index (Phi) is 3.81. The first-order valence-corrected chi connectivity index (χ1v) is 7.30. The van der Waals surface area contributed by atoms with E-state index in [-0.39, 0.29) is 30.5 Å². The molecule has 2 saturated heterocycles. The van der Waals surface area contributed by atoms with Crippen molar-refractivity contribution in [2.75, 3.05) is 0 Å². The molecule has 2 aliphatic heterocycles. The quantitative estimate of drug-likeness (QED) is 0.879. The molecule has 2 atom stereocenters. The second kappa shape index (κ2) is 5.75. The van der Waals surface area contributed by atoms with Gasteiger partial charge in [-0.05, 0) is 31.6 Å². The first-order valence-electron chi connectivity index (χ1n) is 7.30. The summed E-state index contributed by atoms with van der Waals surface area (Å²) in [6.45, 7) is 0.351. The summed E-state index contributed by atoms with van der Waals surface area (Å²) in [4.78, 5) is 25.1. The molecular formula is C14H19N3O4. The molecule has 2 amide bonds. The molecule has 2 unspecified atom stereocenters. The number of carboxylic acids is 1. The summed E-state index contributed by atoms with van der Waals surface area (Å²) in [7, 11) is 0. The Labute approximate surface area is 122 Å². The van der Waals surface area contributed by atoms with Gasteiger partial charge in [0.25, 0.3) is 0 Å². The second-order valence-corrected chi connectivity index (χ2v) is 5.88. The van der Waals surface area contributed by atoms with Crippen LogP contribution in [0.4, 0.5) is 4.79 Å². The average Bonchev–Trinajstić information content (AvgIpc) is 3.02. The molecule has 0 aliphatic carbocycles. The van der Waals surface area contributed by atoms with Gasteiger partial charge in [0.05, 0.1) is 6.54 Å². The number of piperidine rings is 1. The molecule has 2 N–H and O–H groups in total. The summed E-state index contributed by atoms with van der Waals surface area (Å²) >= 11 is 0. The van der Waals surface area contributed by atoms with Crippen LogP contribution < -0.4 is 5.32 Å². The number of fused-ring (bicyclic) bond motifs is 2. The zero-order valence-corrected chi connectivity index (χ0v) is 11.7. The molecule has 0 spiro atoms. The van der Waals surface area contributed by atoms with E-state index in [0.29, 0.717) is 12.2 Å². The van der Waals surface area contributed by atoms with Gasteiger partial charge < -0.3 is 19.8 Å². The standard InChI is InChI=1S/C14H19N3O4/c18-13(19)7-9-5-11-1-2-12(6-9)17(11)14(20)15-8-10-3-4-21-16-10/h3-4,9,11-12H,1-2,5-8H2,(H,15,20)(H,18,19). The number of carbonyl (C=O) groups excluding carboxylic acids is 1. The van der Waals surface area contributed by atoms with Gasteiger partial charge in [0, 0.05) is 24.6 Å². The monoisotopic (exact) mass is 293 g/mol. The molecule has 114 valence electrons. The summed E-state index contributed by atoms with van der Waals surface area (Å²) < 4.78 is 4.73. The van der Waals surface area contributed by atoms with Crippen molar-refractivity contribution in [3.05, 3.63) is 18.0 Å². The third-order valence-electron chi connectivity index (χ3n) is 4.44. The molecule has 1 aromatic rings. The number of nitrogens with one attached hydrogen (secondary N) is 1. The highest BCUT2D eigenvalue weighted by atomic mass is 16.5. The molecule has 0 radical (unpaired) electrons. The van der Waals surface area contributed by atoms with E-state index in [4.69, 9.17) is 9.63 Å². The van der Waals surface area contributed by atoms with Crippen LogP contribution in [0, 0.1) is 5.92 Å². The maximum absolute atomic E-state index is 12.3. The Bertz CT molecular complexity index is 502. The summed E-state index contributed by atoms with van der Waals surface area (Å²) in [5, 5.41) is 15.5. The Hall–Kier alpha value is -2.05. The lowest BCUT2D eigenvalue weighted by Gasteiger charge is -2.38. The van der Waals surface area contributed by atoms with Crippen LogP contribution >= 0.6 is 0 Å². The molecule has 3 heterocycles. The van der Waals surface area contributed by atoms with E-state index < -0.39 is 5.97 Å². The predicted octanol–water partition coefficient (Wildman–Crippen LogP) is 1.60. The van der Waals surface area contributed by atoms with Crippen molar-refractivity contribution < 1.29 is 19.2 Å². The van der Waals surface area contributed by atoms with E-state index in [2.05, 4.69) is 10.5 Å². The Morgan fingerprint density at radius 3 is 2.67 bits per heavy atom. The van der Waals surface area contributed by atoms with Gasteiger partial charge in [-0.25, -0.2) is 4.79 Å². The first kappa shape index (κ1) is 13.9. The molecule has 2 bridgehead atoms. The minimum atomic E-state index is -0.747. The van der Waals surface area contributed by atoms with Crippen LogP contribution in [0.15, 0.2) is 16.9 Å². The normalized spacial score (nSPS) is 27.6. The Balaban J connectivity index is 1.57. The molecule has 3 rings (SSSR count). The minimum Gasteiger partial charge on any atom is -0.481 e. The van der Waals surface area contributed by atoms with Crippen LogP contribution in [0.25, 0.3) is 0 Å². The highest BCUT2D eigenvalue weighted by Gasteiger charge is 2.43. The fraction of sp³-hybridized carbons (Fsp3) is 0.643. The van der Waals surface area contributed by atoms with Crippen molar-refractivity contribution in [1.82, 2.24) is 15.4 Å². The highest BCUT2D eigenvalue weighted by molar-refractivity contribution is 5.75. The number of rotatable bonds is 4. The molecule has 7 nitrogen and oxygen atoms in total. The number of hydrogen-bond donors (Lipinski definition) is 2. The number of carbonyl (C=O) groups is 2. The van der Waals surface area contributed by atoms with Gasteiger partial charge in [-0.2, -0.15) is 0 Å². The number of nitrogens with zero attached hydrogens (tertiary/aromatic N) is 2. The second-order valence-electron chi connectivity index (χ2n) is 5.88. The smallest absolute Gasteiger partial charge is 0.318 e. The highest BCUT2D eigenvalue weighted by Crippen LogP contribution is 2.39. The lowest BCUT2D eigenvalue weighted by molar-refractivity contribution is -0.138. The third kappa shape index (κ3) is 3.01. The molecule has 0 aromatic carbocycles. The van der Waals surface area contributed by atoms with Crippen molar-refractivity contribution >= 4 is 12.0 Å². The van der Waals surface area contributed by atoms with E-state index in [0.717, 1.165) is 25.7 Å². The number of aliphatic carboxylic acids is 1. The van der Waals surface area contributed by atoms with Gasteiger partial charge >= 0.3 is 12.0 Å². The SMILES string of the molecule is O=C(O)CC1CC2CCC(C1)N2C(=O)NCc1ccon1. The van der Waals surface area contributed by atoms with Crippen LogP contribution in [0.5, 0.6) is 0 Å². The van der Waals surface area contributed by atoms with E-state index in [1.165, 1.54) is 6.26 Å². The van der Waals surface area contributed by atoms with E-state index >= 15 is 0 Å². The number of urea groups is 1. The molecule has 7 heteroatoms. The zero-order valence-electron chi connectivity index (χ0n) is 11.7. The van der Waals surface area contributed by atoms with Crippen molar-refractivity contribution in [1.29, 1.82) is 0 Å². The topological polar surface area (TPSA) is 95.7 Å². The van der Waals surface area contributed by atoms with Crippen LogP contribution in [0.1, 0.15) is 37.8 Å². The maximum atomic E-state index is 12.3. The first-order chi connectivity index (χ1) is 10.1. The number of carboxylic acid groups (broad SMARTS) is 1. The predicted molar refractivity (Wildman–Crippen MR) is 72.4 cm³/mol. The summed E-state index contributed by atoms with van der Waals surface area (Å²) in [5.41, 5.74) is 0.691. The van der Waals surface area contributed by atoms with Crippen molar-refractivity contribution in [3.63, 3.8) is 0 Å². The maximum Gasteiger partial charge on any atom is 0.318 e. The minimum absolute atomic E-state index is 0.0840. The van der Waals surface area contributed by atoms with E-state index in [1.54, 1.807) is 6.07 Å². The van der Waals surface area contributed by atoms with Crippen LogP contribution in [-0.2, 0) is 11.3 Å². The van der Waals surface area contributed by atoms with Crippen molar-refractivity contribution in [2.24, 2.45) is 5.92 Å². The number of hydrogen-bond acceptors (Lipinski definition) is 4. The van der Waals surface area contributed by atoms with E-state index in [9.17, 15) is 9.59 Å². The molecular weight excluding hydrogens is 274 g/mol. The Morgan fingerprint density at radius 2 is 2.10 bits per heavy atom. The third-order valence-corrected chi connectivity index (χ3v) is 4.44. The number of amides is 2. The average molecular weight is 293 g/mol. The van der Waals surface area contributed by atoms with Crippen LogP contribution in [-0.4, -0.2) is 39.2 Å². The lowest BCUT2D eigenvalue weighted by atomic mass is 9.88. The van der Waals surface area contributed by atoms with Gasteiger partial charge in [-0.3, -0.25) is 4.79 Å². The lowest BCUT2D eigenvalue weighted by Crippen LogP contribution is -2.50. The van der Waals surface area contributed by atoms with Crippen molar-refractivity contribution in [3.8, 4) is 0 Å². The molecule has 21 heavy (non-hydrogen) atoms. The summed E-state index contributed by atoms with van der Waals surface area (Å²) in [5.74, 6) is -0.553. The number of aromatic nitrogens is 1. The van der Waals surface area contributed by atoms with Gasteiger partial charge in [-0.1, -0.05) is 5.16 Å². The van der Waals surface area contributed by atoms with Crippen LogP contribution in [0.2, 0.25) is 0 Å². The largest absolute Gasteiger partial charge is 0.481 e. The molecule has 1 aromatic heterocycles. The fourth-order valence-corrected chi connectivity index (χ4v) is 3.62. The molecule has 2 fully saturated rings. The molecule has 2 aliphatic rings. The summed E-state index contributed by atoms with van der Waals surface area (Å²) in [6, 6.07) is 1.98. The molecule has 0 saturated carbocycles. The Morgan fingerprint density at radius 1 is 1.38 bits per heavy atom. The van der Waals surface area contributed by atoms with Gasteiger partial charge in [-0.15, -0.1) is 0 Å². The van der Waals surface area contributed by atoms with Gasteiger partial charge in [0.2, 0.25) is 0 Å². The fourth-order valence-electron chi connectivity index (χ4n) is 3.62. The summed E-state index contributed by atoms with van der Waals surface area (Å²) in [6.07, 6.45) is 5.21. The van der Waals surface area contributed by atoms with Gasteiger partial charge in [0.15, 0.2) is 0 Å². The van der Waals surface area contributed by atoms with Crippen molar-refractivity contribution in [2.45, 2.75) is 50.7 Å². The van der Waals surface area contributed by atoms with E-state index in [1.807, 2.05) is 4.90 Å². The zero-order chi connectivity index (χ0) is 14.8. The van der Waals surface area contributed by atoms with Crippen LogP contribution in [0.3, 0.4) is 0 Å². The van der Waals surface area contributed by atoms with Gasteiger partial charge in [0.1, 0.15) is 12.0 Å².